The Kier molecular flexibility index (Phi) is 6.39. The number of likely N-dealkylation sites (tertiary alicyclic amines) is 1. The Labute approximate surface area is 131 Å². The van der Waals surface area contributed by atoms with Crippen molar-refractivity contribution in [2.75, 3.05) is 19.6 Å². The molecule has 0 radical (unpaired) electrons. The maximum atomic E-state index is 11.9. The fraction of sp³-hybridized carbons (Fsp3) is 0.625. The van der Waals surface area contributed by atoms with Crippen molar-refractivity contribution in [3.05, 3.63) is 22.7 Å². The fourth-order valence-corrected chi connectivity index (χ4v) is 3.28. The van der Waals surface area contributed by atoms with E-state index in [-0.39, 0.29) is 5.91 Å². The van der Waals surface area contributed by atoms with Crippen molar-refractivity contribution in [2.24, 2.45) is 5.92 Å². The summed E-state index contributed by atoms with van der Waals surface area (Å²) in [5, 5.41) is 5.81. The summed E-state index contributed by atoms with van der Waals surface area (Å²) < 4.78 is 0. The van der Waals surface area contributed by atoms with Crippen LogP contribution in [0.25, 0.3) is 6.08 Å². The first-order valence-corrected chi connectivity index (χ1v) is 8.62. The van der Waals surface area contributed by atoms with Gasteiger partial charge in [-0.3, -0.25) is 9.69 Å². The van der Waals surface area contributed by atoms with Crippen molar-refractivity contribution >= 4 is 23.3 Å². The monoisotopic (exact) mass is 307 g/mol. The molecule has 2 rings (SSSR count). The first kappa shape index (κ1) is 16.2. The van der Waals surface area contributed by atoms with Crippen LogP contribution >= 0.6 is 11.3 Å². The van der Waals surface area contributed by atoms with Gasteiger partial charge in [0.1, 0.15) is 5.01 Å². The molecule has 116 valence electrons. The molecule has 0 aliphatic carbocycles. The highest BCUT2D eigenvalue weighted by Crippen LogP contribution is 2.17. The summed E-state index contributed by atoms with van der Waals surface area (Å²) in [5.41, 5.74) is 0. The Morgan fingerprint density at radius 2 is 2.24 bits per heavy atom. The van der Waals surface area contributed by atoms with Gasteiger partial charge in [-0.15, -0.1) is 11.3 Å². The van der Waals surface area contributed by atoms with Gasteiger partial charge in [0.25, 0.3) is 0 Å². The molecule has 1 atom stereocenters. The summed E-state index contributed by atoms with van der Waals surface area (Å²) >= 11 is 1.53. The highest BCUT2D eigenvalue weighted by atomic mass is 32.1. The van der Waals surface area contributed by atoms with Gasteiger partial charge in [0.2, 0.25) is 5.91 Å². The van der Waals surface area contributed by atoms with E-state index in [1.54, 1.807) is 18.3 Å². The number of carbonyl (C=O) groups excluding carboxylic acids is 1. The number of carbonyl (C=O) groups is 1. The van der Waals surface area contributed by atoms with Crippen molar-refractivity contribution in [3.8, 4) is 0 Å². The molecular weight excluding hydrogens is 282 g/mol. The summed E-state index contributed by atoms with van der Waals surface area (Å²) in [6, 6.07) is 0.463. The van der Waals surface area contributed by atoms with E-state index in [1.807, 2.05) is 5.38 Å². The number of thiazole rings is 1. The highest BCUT2D eigenvalue weighted by molar-refractivity contribution is 7.10. The molecule has 1 aromatic rings. The molecule has 4 nitrogen and oxygen atoms in total. The lowest BCUT2D eigenvalue weighted by atomic mass is 10.0. The quantitative estimate of drug-likeness (QED) is 0.788. The van der Waals surface area contributed by atoms with E-state index < -0.39 is 0 Å². The van der Waals surface area contributed by atoms with Crippen molar-refractivity contribution in [1.82, 2.24) is 15.2 Å². The number of nitrogens with one attached hydrogen (secondary N) is 1. The van der Waals surface area contributed by atoms with E-state index in [9.17, 15) is 4.79 Å². The zero-order chi connectivity index (χ0) is 15.1. The third kappa shape index (κ3) is 5.59. The van der Waals surface area contributed by atoms with Crippen LogP contribution in [-0.2, 0) is 4.79 Å². The van der Waals surface area contributed by atoms with Gasteiger partial charge >= 0.3 is 0 Å². The Balaban J connectivity index is 1.81. The third-order valence-electron chi connectivity index (χ3n) is 3.74. The molecule has 1 aromatic heterocycles. The van der Waals surface area contributed by atoms with Gasteiger partial charge in [0.15, 0.2) is 0 Å². The molecule has 1 N–H and O–H groups in total. The van der Waals surface area contributed by atoms with E-state index in [1.165, 1.54) is 37.3 Å². The van der Waals surface area contributed by atoms with E-state index in [0.717, 1.165) is 18.0 Å². The van der Waals surface area contributed by atoms with Gasteiger partial charge in [-0.1, -0.05) is 13.8 Å². The summed E-state index contributed by atoms with van der Waals surface area (Å²) in [5.74, 6) is 0.622. The van der Waals surface area contributed by atoms with Gasteiger partial charge in [0.05, 0.1) is 0 Å². The number of nitrogens with zero attached hydrogens (tertiary/aromatic N) is 2. The lowest BCUT2D eigenvalue weighted by Gasteiger charge is -2.29. The minimum atomic E-state index is -0.0295. The first-order valence-electron chi connectivity index (χ1n) is 7.74. The smallest absolute Gasteiger partial charge is 0.244 e. The van der Waals surface area contributed by atoms with Crippen LogP contribution in [0.15, 0.2) is 17.7 Å². The average Bonchev–Trinajstić information content (AvgIpc) is 3.12. The molecular formula is C16H25N3OS. The summed E-state index contributed by atoms with van der Waals surface area (Å²) in [7, 11) is 0. The second-order valence-electron chi connectivity index (χ2n) is 5.98. The van der Waals surface area contributed by atoms with Crippen LogP contribution in [0.5, 0.6) is 0 Å². The van der Waals surface area contributed by atoms with Crippen molar-refractivity contribution in [3.63, 3.8) is 0 Å². The standard InChI is InChI=1S/C16H25N3OS/c1-13(2)11-14(19-8-3-4-9-19)12-18-15(20)5-6-16-17-7-10-21-16/h5-7,10,13-14H,3-4,8-9,11-12H2,1-2H3,(H,18,20)/b6-5+/t14-/m0/s1. The van der Waals surface area contributed by atoms with Gasteiger partial charge in [-0.25, -0.2) is 4.98 Å². The van der Waals surface area contributed by atoms with E-state index in [4.69, 9.17) is 0 Å². The highest BCUT2D eigenvalue weighted by Gasteiger charge is 2.22. The van der Waals surface area contributed by atoms with Gasteiger partial charge in [0, 0.05) is 30.2 Å². The van der Waals surface area contributed by atoms with Crippen LogP contribution in [0.3, 0.4) is 0 Å². The van der Waals surface area contributed by atoms with Crippen LogP contribution < -0.4 is 5.32 Å². The van der Waals surface area contributed by atoms with Crippen LogP contribution in [0.2, 0.25) is 0 Å². The molecule has 1 aliphatic rings. The SMILES string of the molecule is CC(C)C[C@@H](CNC(=O)/C=C/c1nccs1)N1CCCC1. The lowest BCUT2D eigenvalue weighted by molar-refractivity contribution is -0.116. The molecule has 0 saturated carbocycles. The first-order chi connectivity index (χ1) is 10.1. The molecule has 1 aliphatic heterocycles. The number of hydrogen-bond donors (Lipinski definition) is 1. The number of rotatable bonds is 7. The topological polar surface area (TPSA) is 45.2 Å². The zero-order valence-electron chi connectivity index (χ0n) is 12.9. The normalized spacial score (nSPS) is 17.7. The molecule has 5 heteroatoms. The van der Waals surface area contributed by atoms with Crippen molar-refractivity contribution < 1.29 is 4.79 Å². The predicted octanol–water partition coefficient (Wildman–Crippen LogP) is 2.78. The second kappa shape index (κ2) is 8.29. The molecule has 0 unspecified atom stereocenters. The number of amides is 1. The molecule has 0 bridgehead atoms. The van der Waals surface area contributed by atoms with Gasteiger partial charge in [-0.2, -0.15) is 0 Å². The Morgan fingerprint density at radius 3 is 2.86 bits per heavy atom. The zero-order valence-corrected chi connectivity index (χ0v) is 13.7. The number of hydrogen-bond acceptors (Lipinski definition) is 4. The van der Waals surface area contributed by atoms with E-state index >= 15 is 0 Å². The van der Waals surface area contributed by atoms with E-state index in [0.29, 0.717) is 12.0 Å². The van der Waals surface area contributed by atoms with Crippen LogP contribution in [-0.4, -0.2) is 41.5 Å². The Bertz CT molecular complexity index is 450. The molecule has 1 amide bonds. The third-order valence-corrected chi connectivity index (χ3v) is 4.48. The minimum Gasteiger partial charge on any atom is -0.351 e. The molecule has 0 aromatic carbocycles. The van der Waals surface area contributed by atoms with Crippen molar-refractivity contribution in [2.45, 2.75) is 39.2 Å². The molecule has 0 spiro atoms. The fourth-order valence-electron chi connectivity index (χ4n) is 2.75. The molecule has 1 fully saturated rings. The Morgan fingerprint density at radius 1 is 1.48 bits per heavy atom. The largest absolute Gasteiger partial charge is 0.351 e. The number of aromatic nitrogens is 1. The minimum absolute atomic E-state index is 0.0295. The Hall–Kier alpha value is -1.20. The lowest BCUT2D eigenvalue weighted by Crippen LogP contribution is -2.43. The summed E-state index contributed by atoms with van der Waals surface area (Å²) in [4.78, 5) is 18.6. The van der Waals surface area contributed by atoms with Crippen LogP contribution in [0.1, 0.15) is 38.1 Å². The molecule has 21 heavy (non-hydrogen) atoms. The average molecular weight is 307 g/mol. The second-order valence-corrected chi connectivity index (χ2v) is 6.90. The van der Waals surface area contributed by atoms with Gasteiger partial charge in [-0.05, 0) is 44.3 Å². The predicted molar refractivity (Wildman–Crippen MR) is 88.2 cm³/mol. The molecule has 2 heterocycles. The van der Waals surface area contributed by atoms with Crippen LogP contribution in [0.4, 0.5) is 0 Å². The molecule has 1 saturated heterocycles. The summed E-state index contributed by atoms with van der Waals surface area (Å²) in [6.07, 6.45) is 8.80. The summed E-state index contributed by atoms with van der Waals surface area (Å²) in [6.45, 7) is 7.56. The maximum absolute atomic E-state index is 11.9. The van der Waals surface area contributed by atoms with Gasteiger partial charge < -0.3 is 5.32 Å². The maximum Gasteiger partial charge on any atom is 0.244 e. The van der Waals surface area contributed by atoms with Crippen LogP contribution in [0, 0.1) is 5.92 Å². The van der Waals surface area contributed by atoms with E-state index in [2.05, 4.69) is 29.0 Å². The van der Waals surface area contributed by atoms with Crippen molar-refractivity contribution in [1.29, 1.82) is 0 Å².